The van der Waals surface area contributed by atoms with Crippen LogP contribution in [0.4, 0.5) is 13.2 Å². The molecule has 1 N–H and O–H groups in total. The summed E-state index contributed by atoms with van der Waals surface area (Å²) in [6.07, 6.45) is -0.505. The molecular formula is C20H19F3N2. The van der Waals surface area contributed by atoms with Gasteiger partial charge in [-0.3, -0.25) is 4.90 Å². The molecule has 1 heterocycles. The molecule has 0 aliphatic carbocycles. The van der Waals surface area contributed by atoms with Crippen molar-refractivity contribution in [2.45, 2.75) is 12.7 Å². The predicted octanol–water partition coefficient (Wildman–Crippen LogP) is 5.33. The van der Waals surface area contributed by atoms with Crippen LogP contribution in [0.25, 0.3) is 17.0 Å². The van der Waals surface area contributed by atoms with E-state index < -0.39 is 11.7 Å². The van der Waals surface area contributed by atoms with Crippen LogP contribution in [-0.2, 0) is 12.7 Å². The molecule has 3 rings (SSSR count). The van der Waals surface area contributed by atoms with Gasteiger partial charge in [-0.15, -0.1) is 0 Å². The molecule has 1 aromatic heterocycles. The first kappa shape index (κ1) is 17.3. The summed E-state index contributed by atoms with van der Waals surface area (Å²) in [5.74, 6) is 0. The van der Waals surface area contributed by atoms with E-state index >= 15 is 0 Å². The molecule has 0 bridgehead atoms. The second-order valence-electron chi connectivity index (χ2n) is 6.10. The summed E-state index contributed by atoms with van der Waals surface area (Å²) in [7, 11) is 2.00. The number of alkyl halides is 3. The van der Waals surface area contributed by atoms with E-state index in [4.69, 9.17) is 0 Å². The lowest BCUT2D eigenvalue weighted by Crippen LogP contribution is -2.17. The van der Waals surface area contributed by atoms with Crippen LogP contribution in [0, 0.1) is 0 Å². The van der Waals surface area contributed by atoms with Crippen molar-refractivity contribution < 1.29 is 13.2 Å². The second-order valence-corrected chi connectivity index (χ2v) is 6.10. The van der Waals surface area contributed by atoms with Crippen LogP contribution in [0.15, 0.2) is 60.7 Å². The number of rotatable bonds is 5. The average Bonchev–Trinajstić information content (AvgIpc) is 2.96. The van der Waals surface area contributed by atoms with E-state index in [0.717, 1.165) is 35.5 Å². The third kappa shape index (κ3) is 4.51. The van der Waals surface area contributed by atoms with Crippen molar-refractivity contribution in [2.75, 3.05) is 13.6 Å². The van der Waals surface area contributed by atoms with Crippen molar-refractivity contribution in [2.24, 2.45) is 0 Å². The second kappa shape index (κ2) is 7.15. The summed E-state index contributed by atoms with van der Waals surface area (Å²) < 4.78 is 37.6. The molecule has 0 amide bonds. The van der Waals surface area contributed by atoms with E-state index in [1.165, 1.54) is 17.5 Å². The monoisotopic (exact) mass is 344 g/mol. The molecule has 0 aliphatic rings. The van der Waals surface area contributed by atoms with Gasteiger partial charge in [0.1, 0.15) is 0 Å². The molecular weight excluding hydrogens is 325 g/mol. The van der Waals surface area contributed by atoms with E-state index in [0.29, 0.717) is 6.54 Å². The molecule has 0 unspecified atom stereocenters. The normalized spacial score (nSPS) is 12.5. The standard InChI is InChI=1S/C20H19F3N2/c1-25(14-18-13-16-6-2-3-7-19(16)24-18)12-4-5-15-8-10-17(11-9-15)20(21,22)23/h2-11,13,24H,12,14H2,1H3/b5-4+. The van der Waals surface area contributed by atoms with Gasteiger partial charge in [0, 0.05) is 24.3 Å². The highest BCUT2D eigenvalue weighted by atomic mass is 19.4. The number of aromatic nitrogens is 1. The Labute approximate surface area is 144 Å². The molecule has 2 aromatic carbocycles. The van der Waals surface area contributed by atoms with Crippen LogP contribution in [-0.4, -0.2) is 23.5 Å². The van der Waals surface area contributed by atoms with Crippen molar-refractivity contribution in [1.29, 1.82) is 0 Å². The van der Waals surface area contributed by atoms with Crippen LogP contribution in [0.3, 0.4) is 0 Å². The van der Waals surface area contributed by atoms with Gasteiger partial charge < -0.3 is 4.98 Å². The fourth-order valence-corrected chi connectivity index (χ4v) is 2.73. The van der Waals surface area contributed by atoms with Crippen molar-refractivity contribution in [1.82, 2.24) is 9.88 Å². The van der Waals surface area contributed by atoms with Crippen molar-refractivity contribution in [3.63, 3.8) is 0 Å². The summed E-state index contributed by atoms with van der Waals surface area (Å²) in [5, 5.41) is 1.19. The molecule has 3 aromatic rings. The SMILES string of the molecule is CN(C/C=C/c1ccc(C(F)(F)F)cc1)Cc1cc2ccccc2[nH]1. The third-order valence-corrected chi connectivity index (χ3v) is 3.99. The predicted molar refractivity (Wildman–Crippen MR) is 95.1 cm³/mol. The van der Waals surface area contributed by atoms with Crippen LogP contribution in [0.2, 0.25) is 0 Å². The van der Waals surface area contributed by atoms with E-state index in [2.05, 4.69) is 22.0 Å². The van der Waals surface area contributed by atoms with Gasteiger partial charge in [0.2, 0.25) is 0 Å². The molecule has 130 valence electrons. The minimum absolute atomic E-state index is 0.624. The smallest absolute Gasteiger partial charge is 0.357 e. The van der Waals surface area contributed by atoms with E-state index in [9.17, 15) is 13.2 Å². The summed E-state index contributed by atoms with van der Waals surface area (Å²) in [5.41, 5.74) is 2.38. The fraction of sp³-hybridized carbons (Fsp3) is 0.200. The van der Waals surface area contributed by atoms with E-state index in [1.807, 2.05) is 37.4 Å². The largest absolute Gasteiger partial charge is 0.416 e. The van der Waals surface area contributed by atoms with Gasteiger partial charge in [-0.2, -0.15) is 13.2 Å². The zero-order valence-corrected chi connectivity index (χ0v) is 13.8. The number of hydrogen-bond acceptors (Lipinski definition) is 1. The highest BCUT2D eigenvalue weighted by Gasteiger charge is 2.29. The highest BCUT2D eigenvalue weighted by Crippen LogP contribution is 2.29. The number of nitrogens with one attached hydrogen (secondary N) is 1. The van der Waals surface area contributed by atoms with Crippen LogP contribution < -0.4 is 0 Å². The van der Waals surface area contributed by atoms with Gasteiger partial charge in [-0.1, -0.05) is 42.5 Å². The molecule has 25 heavy (non-hydrogen) atoms. The Balaban J connectivity index is 1.56. The number of aromatic amines is 1. The lowest BCUT2D eigenvalue weighted by atomic mass is 10.1. The van der Waals surface area contributed by atoms with Crippen LogP contribution in [0.5, 0.6) is 0 Å². The zero-order valence-electron chi connectivity index (χ0n) is 13.8. The number of H-pyrrole nitrogens is 1. The van der Waals surface area contributed by atoms with Crippen molar-refractivity contribution >= 4 is 17.0 Å². The maximum atomic E-state index is 12.5. The first-order valence-electron chi connectivity index (χ1n) is 8.01. The molecule has 0 aliphatic heterocycles. The van der Waals surface area contributed by atoms with Crippen LogP contribution >= 0.6 is 0 Å². The van der Waals surface area contributed by atoms with Gasteiger partial charge in [0.25, 0.3) is 0 Å². The number of hydrogen-bond donors (Lipinski definition) is 1. The lowest BCUT2D eigenvalue weighted by Gasteiger charge is -2.12. The summed E-state index contributed by atoms with van der Waals surface area (Å²) in [4.78, 5) is 5.51. The quantitative estimate of drug-likeness (QED) is 0.663. The number of nitrogens with zero attached hydrogens (tertiary/aromatic N) is 1. The number of halogens is 3. The zero-order chi connectivity index (χ0) is 17.9. The highest BCUT2D eigenvalue weighted by molar-refractivity contribution is 5.80. The molecule has 0 fully saturated rings. The Morgan fingerprint density at radius 1 is 1.04 bits per heavy atom. The molecule has 2 nitrogen and oxygen atoms in total. The number of para-hydroxylation sites is 1. The van der Waals surface area contributed by atoms with Crippen molar-refractivity contribution in [3.05, 3.63) is 77.5 Å². The summed E-state index contributed by atoms with van der Waals surface area (Å²) in [6, 6.07) is 15.4. The van der Waals surface area contributed by atoms with Crippen LogP contribution in [0.1, 0.15) is 16.8 Å². The van der Waals surface area contributed by atoms with Gasteiger partial charge in [0.15, 0.2) is 0 Å². The van der Waals surface area contributed by atoms with E-state index in [1.54, 1.807) is 0 Å². The Morgan fingerprint density at radius 2 is 1.76 bits per heavy atom. The molecule has 0 saturated heterocycles. The molecule has 0 saturated carbocycles. The van der Waals surface area contributed by atoms with Crippen molar-refractivity contribution in [3.8, 4) is 0 Å². The summed E-state index contributed by atoms with van der Waals surface area (Å²) in [6.45, 7) is 1.47. The number of fused-ring (bicyclic) bond motifs is 1. The number of benzene rings is 2. The molecule has 0 atom stereocenters. The lowest BCUT2D eigenvalue weighted by molar-refractivity contribution is -0.137. The fourth-order valence-electron chi connectivity index (χ4n) is 2.73. The van der Waals surface area contributed by atoms with Gasteiger partial charge in [-0.25, -0.2) is 0 Å². The number of likely N-dealkylation sites (N-methyl/N-ethyl adjacent to an activating group) is 1. The Kier molecular flexibility index (Phi) is 4.95. The Hall–Kier alpha value is -2.53. The van der Waals surface area contributed by atoms with Gasteiger partial charge in [-0.05, 0) is 42.3 Å². The van der Waals surface area contributed by atoms with Gasteiger partial charge >= 0.3 is 6.18 Å². The first-order valence-corrected chi connectivity index (χ1v) is 8.01. The maximum absolute atomic E-state index is 12.5. The van der Waals surface area contributed by atoms with E-state index in [-0.39, 0.29) is 0 Å². The average molecular weight is 344 g/mol. The Bertz CT molecular complexity index is 828. The molecule has 0 radical (unpaired) electrons. The molecule has 5 heteroatoms. The first-order chi connectivity index (χ1) is 11.9. The maximum Gasteiger partial charge on any atom is 0.416 e. The topological polar surface area (TPSA) is 19.0 Å². The minimum Gasteiger partial charge on any atom is -0.357 e. The summed E-state index contributed by atoms with van der Waals surface area (Å²) >= 11 is 0. The molecule has 0 spiro atoms. The van der Waals surface area contributed by atoms with Gasteiger partial charge in [0.05, 0.1) is 5.56 Å². The minimum atomic E-state index is -4.29. The third-order valence-electron chi connectivity index (χ3n) is 3.99. The Morgan fingerprint density at radius 3 is 2.44 bits per heavy atom.